The Balaban J connectivity index is 2.89. The summed E-state index contributed by atoms with van der Waals surface area (Å²) in [5.74, 6) is 9.34. The Bertz CT molecular complexity index is 507. The van der Waals surface area contributed by atoms with Crippen LogP contribution in [0.25, 0.3) is 0 Å². The maximum Gasteiger partial charge on any atom is 0.109 e. The minimum atomic E-state index is -0.677. The first kappa shape index (κ1) is 21.4. The van der Waals surface area contributed by atoms with E-state index in [1.54, 1.807) is 11.8 Å². The Morgan fingerprint density at radius 3 is 2.42 bits per heavy atom. The first-order chi connectivity index (χ1) is 11.6. The van der Waals surface area contributed by atoms with E-state index in [0.29, 0.717) is 0 Å². The van der Waals surface area contributed by atoms with Gasteiger partial charge in [-0.1, -0.05) is 69.4 Å². The third kappa shape index (κ3) is 6.37. The monoisotopic (exact) mass is 366 g/mol. The molecule has 0 spiro atoms. The van der Waals surface area contributed by atoms with E-state index in [1.165, 1.54) is 18.6 Å². The molecule has 0 amide bonds. The van der Waals surface area contributed by atoms with E-state index >= 15 is 0 Å². The van der Waals surface area contributed by atoms with E-state index in [9.17, 15) is 5.11 Å². The average molecular weight is 367 g/mol. The lowest BCUT2D eigenvalue weighted by Crippen LogP contribution is -2.38. The molecule has 24 heavy (non-hydrogen) atoms. The largest absolute Gasteiger partial charge is 0.386 e. The highest BCUT2D eigenvalue weighted by molar-refractivity contribution is 8.03. The van der Waals surface area contributed by atoms with Crippen LogP contribution in [-0.2, 0) is 0 Å². The van der Waals surface area contributed by atoms with Gasteiger partial charge in [0.2, 0.25) is 0 Å². The van der Waals surface area contributed by atoms with Gasteiger partial charge < -0.3 is 10.2 Å². The minimum Gasteiger partial charge on any atom is -0.386 e. The Morgan fingerprint density at radius 1 is 1.12 bits per heavy atom. The lowest BCUT2D eigenvalue weighted by molar-refractivity contribution is 0.131. The smallest absolute Gasteiger partial charge is 0.109 e. The molecule has 0 aliphatic heterocycles. The topological polar surface area (TPSA) is 40.5 Å². The van der Waals surface area contributed by atoms with Crippen LogP contribution in [0, 0.1) is 17.8 Å². The van der Waals surface area contributed by atoms with Gasteiger partial charge in [0.05, 0.1) is 0 Å². The van der Waals surface area contributed by atoms with Crippen LogP contribution in [0.1, 0.15) is 45.3 Å². The molecule has 0 aromatic heterocycles. The molecule has 1 aromatic carbocycles. The van der Waals surface area contributed by atoms with Gasteiger partial charge in [-0.2, -0.15) is 11.8 Å². The molecule has 0 saturated heterocycles. The zero-order valence-electron chi connectivity index (χ0n) is 15.0. The Hall–Kier alpha value is -0.600. The van der Waals surface area contributed by atoms with E-state index in [4.69, 9.17) is 5.11 Å². The van der Waals surface area contributed by atoms with E-state index in [0.717, 1.165) is 17.1 Å². The van der Waals surface area contributed by atoms with Crippen LogP contribution in [0.5, 0.6) is 0 Å². The molecule has 4 heteroatoms. The highest BCUT2D eigenvalue weighted by Gasteiger charge is 2.40. The first-order valence-corrected chi connectivity index (χ1v) is 10.8. The van der Waals surface area contributed by atoms with Crippen molar-refractivity contribution >= 4 is 23.5 Å². The Labute approximate surface area is 155 Å². The van der Waals surface area contributed by atoms with Gasteiger partial charge in [-0.15, -0.1) is 11.8 Å². The predicted octanol–water partition coefficient (Wildman–Crippen LogP) is 4.38. The molecule has 2 unspecified atom stereocenters. The number of unbranched alkanes of at least 4 members (excludes halogenated alkanes) is 1. The number of hydrogen-bond acceptors (Lipinski definition) is 4. The highest BCUT2D eigenvalue weighted by atomic mass is 32.2. The first-order valence-electron chi connectivity index (χ1n) is 8.64. The molecule has 0 aliphatic carbocycles. The third-order valence-electron chi connectivity index (χ3n) is 3.95. The summed E-state index contributed by atoms with van der Waals surface area (Å²) in [4.78, 5) is 0. The molecule has 0 bridgehead atoms. The Morgan fingerprint density at radius 2 is 1.83 bits per heavy atom. The summed E-state index contributed by atoms with van der Waals surface area (Å²) in [5.41, 5.74) is 0.879. The summed E-state index contributed by atoms with van der Waals surface area (Å²) in [6, 6.07) is 9.71. The SMILES string of the molecule is CCCCSCCSC(C#CCO)(C(C)C)C(O)c1ccccc1. The summed E-state index contributed by atoms with van der Waals surface area (Å²) in [6.45, 7) is 6.21. The van der Waals surface area contributed by atoms with Crippen molar-refractivity contribution in [3.63, 3.8) is 0 Å². The molecule has 0 aliphatic rings. The summed E-state index contributed by atoms with van der Waals surface area (Å²) < 4.78 is -0.602. The molecule has 2 N–H and O–H groups in total. The zero-order chi connectivity index (χ0) is 17.8. The van der Waals surface area contributed by atoms with Gasteiger partial charge in [0.25, 0.3) is 0 Å². The van der Waals surface area contributed by atoms with Crippen molar-refractivity contribution in [3.05, 3.63) is 35.9 Å². The van der Waals surface area contributed by atoms with Crippen molar-refractivity contribution < 1.29 is 10.2 Å². The normalized spacial score (nSPS) is 14.8. The molecule has 1 aromatic rings. The lowest BCUT2D eigenvalue weighted by Gasteiger charge is -2.37. The summed E-state index contributed by atoms with van der Waals surface area (Å²) >= 11 is 3.68. The van der Waals surface area contributed by atoms with Crippen LogP contribution in [0.2, 0.25) is 0 Å². The van der Waals surface area contributed by atoms with Crippen LogP contribution < -0.4 is 0 Å². The molecule has 2 nitrogen and oxygen atoms in total. The quantitative estimate of drug-likeness (QED) is 0.476. The molecule has 2 atom stereocenters. The molecular formula is C20H30O2S2. The number of benzene rings is 1. The molecule has 0 fully saturated rings. The standard InChI is InChI=1S/C20H30O2S2/c1-4-5-14-23-15-16-24-20(17(2)3,12-9-13-21)19(22)18-10-7-6-8-11-18/h6-8,10-11,17,19,21-22H,4-5,13-16H2,1-3H3. The second-order valence-electron chi connectivity index (χ2n) is 6.04. The summed E-state index contributed by atoms with van der Waals surface area (Å²) in [7, 11) is 0. The number of rotatable bonds is 10. The van der Waals surface area contributed by atoms with Gasteiger partial charge in [-0.05, 0) is 23.7 Å². The van der Waals surface area contributed by atoms with E-state index in [2.05, 4.69) is 32.6 Å². The maximum atomic E-state index is 11.1. The molecule has 1 rings (SSSR count). The van der Waals surface area contributed by atoms with Crippen LogP contribution in [-0.4, -0.2) is 38.8 Å². The van der Waals surface area contributed by atoms with Gasteiger partial charge >= 0.3 is 0 Å². The van der Waals surface area contributed by atoms with Crippen LogP contribution in [0.4, 0.5) is 0 Å². The van der Waals surface area contributed by atoms with Crippen molar-refractivity contribution in [3.8, 4) is 11.8 Å². The fraction of sp³-hybridized carbons (Fsp3) is 0.600. The summed E-state index contributed by atoms with van der Waals surface area (Å²) in [5, 5.41) is 20.2. The number of thioether (sulfide) groups is 2. The molecular weight excluding hydrogens is 336 g/mol. The van der Waals surface area contributed by atoms with Crippen LogP contribution in [0.15, 0.2) is 30.3 Å². The van der Waals surface area contributed by atoms with Crippen molar-refractivity contribution in [1.29, 1.82) is 0 Å². The van der Waals surface area contributed by atoms with Gasteiger partial charge in [0.1, 0.15) is 17.5 Å². The summed E-state index contributed by atoms with van der Waals surface area (Å²) in [6.07, 6.45) is 1.80. The zero-order valence-corrected chi connectivity index (χ0v) is 16.6. The fourth-order valence-corrected chi connectivity index (χ4v) is 5.10. The lowest BCUT2D eigenvalue weighted by atomic mass is 9.86. The van der Waals surface area contributed by atoms with Crippen molar-refractivity contribution in [1.82, 2.24) is 0 Å². The van der Waals surface area contributed by atoms with Crippen LogP contribution >= 0.6 is 23.5 Å². The van der Waals surface area contributed by atoms with E-state index < -0.39 is 10.9 Å². The van der Waals surface area contributed by atoms with Crippen molar-refractivity contribution in [2.45, 2.75) is 44.5 Å². The highest BCUT2D eigenvalue weighted by Crippen LogP contribution is 2.43. The minimum absolute atomic E-state index is 0.164. The second kappa shape index (κ2) is 11.9. The van der Waals surface area contributed by atoms with E-state index in [1.807, 2.05) is 42.1 Å². The maximum absolute atomic E-state index is 11.1. The van der Waals surface area contributed by atoms with Crippen LogP contribution in [0.3, 0.4) is 0 Å². The van der Waals surface area contributed by atoms with Crippen molar-refractivity contribution in [2.75, 3.05) is 23.9 Å². The molecule has 134 valence electrons. The average Bonchev–Trinajstić information content (AvgIpc) is 2.60. The van der Waals surface area contributed by atoms with Gasteiger partial charge in [-0.25, -0.2) is 0 Å². The molecule has 0 saturated carbocycles. The number of hydrogen-bond donors (Lipinski definition) is 2. The van der Waals surface area contributed by atoms with E-state index in [-0.39, 0.29) is 12.5 Å². The number of aliphatic hydroxyl groups excluding tert-OH is 2. The van der Waals surface area contributed by atoms with Gasteiger partial charge in [0, 0.05) is 11.5 Å². The van der Waals surface area contributed by atoms with Gasteiger partial charge in [-0.3, -0.25) is 0 Å². The second-order valence-corrected chi connectivity index (χ2v) is 8.63. The van der Waals surface area contributed by atoms with Crippen molar-refractivity contribution in [2.24, 2.45) is 5.92 Å². The fourth-order valence-electron chi connectivity index (χ4n) is 2.49. The Kier molecular flexibility index (Phi) is 10.6. The number of aliphatic hydroxyl groups is 2. The molecule has 0 radical (unpaired) electrons. The predicted molar refractivity (Wildman–Crippen MR) is 109 cm³/mol. The third-order valence-corrected chi connectivity index (χ3v) is 6.96. The van der Waals surface area contributed by atoms with Gasteiger partial charge in [0.15, 0.2) is 0 Å². The molecule has 0 heterocycles.